The average molecular weight is 196 g/mol. The Morgan fingerprint density at radius 3 is 3.00 bits per heavy atom. The zero-order valence-electron chi connectivity index (χ0n) is 7.96. The first-order valence-electron chi connectivity index (χ1n) is 4.72. The van der Waals surface area contributed by atoms with Crippen LogP contribution in [-0.4, -0.2) is 12.2 Å². The van der Waals surface area contributed by atoms with E-state index in [2.05, 4.69) is 26.3 Å². The van der Waals surface area contributed by atoms with Gasteiger partial charge in [0.05, 0.1) is 11.9 Å². The molecule has 0 amide bonds. The third-order valence-corrected chi connectivity index (χ3v) is 2.40. The molecule has 0 atom stereocenters. The van der Waals surface area contributed by atoms with Gasteiger partial charge >= 0.3 is 0 Å². The second-order valence-corrected chi connectivity index (χ2v) is 3.37. The number of azo groups is 1. The Morgan fingerprint density at radius 2 is 2.00 bits per heavy atom. The van der Waals surface area contributed by atoms with Crippen LogP contribution in [0.15, 0.2) is 56.3 Å². The molecule has 1 aromatic carbocycles. The second-order valence-electron chi connectivity index (χ2n) is 3.37. The highest BCUT2D eigenvalue weighted by Crippen LogP contribution is 2.28. The first-order chi connectivity index (χ1) is 7.43. The Morgan fingerprint density at radius 1 is 1.07 bits per heavy atom. The Labute approximate surface area is 86.8 Å². The second kappa shape index (κ2) is 3.24. The minimum Gasteiger partial charge on any atom is -0.229 e. The number of aliphatic imine (C=N–C) groups is 2. The highest BCUT2D eigenvalue weighted by Gasteiger charge is 2.16. The fourth-order valence-corrected chi connectivity index (χ4v) is 1.67. The maximum Gasteiger partial charge on any atom is 0.159 e. The number of para-hydroxylation sites is 1. The zero-order valence-corrected chi connectivity index (χ0v) is 7.96. The van der Waals surface area contributed by atoms with Crippen LogP contribution in [0.25, 0.3) is 0 Å². The van der Waals surface area contributed by atoms with Gasteiger partial charge in [-0.2, -0.15) is 5.11 Å². The number of hydrogen-bond acceptors (Lipinski definition) is 4. The van der Waals surface area contributed by atoms with Gasteiger partial charge in [0.15, 0.2) is 5.84 Å². The van der Waals surface area contributed by atoms with E-state index in [0.29, 0.717) is 0 Å². The molecule has 4 nitrogen and oxygen atoms in total. The molecule has 0 saturated carbocycles. The normalized spacial score (nSPS) is 17.3. The quantitative estimate of drug-likeness (QED) is 0.612. The van der Waals surface area contributed by atoms with Crippen LogP contribution in [0.3, 0.4) is 0 Å². The van der Waals surface area contributed by atoms with Gasteiger partial charge in [-0.05, 0) is 11.6 Å². The number of hydrogen-bond donors (Lipinski definition) is 0. The molecule has 0 spiro atoms. The first-order valence-corrected chi connectivity index (χ1v) is 4.72. The molecule has 0 bridgehead atoms. The van der Waals surface area contributed by atoms with Gasteiger partial charge in [0.1, 0.15) is 6.34 Å². The molecule has 0 aromatic heterocycles. The molecule has 72 valence electrons. The van der Waals surface area contributed by atoms with Gasteiger partial charge in [-0.3, -0.25) is 0 Å². The van der Waals surface area contributed by atoms with Gasteiger partial charge in [0.25, 0.3) is 0 Å². The minimum absolute atomic E-state index is 0.721. The molecule has 0 aliphatic carbocycles. The number of benzene rings is 1. The van der Waals surface area contributed by atoms with Crippen LogP contribution in [0.4, 0.5) is 5.69 Å². The molecule has 2 aliphatic heterocycles. The van der Waals surface area contributed by atoms with Crippen molar-refractivity contribution in [2.75, 3.05) is 0 Å². The number of fused-ring (bicyclic) bond motifs is 2. The smallest absolute Gasteiger partial charge is 0.159 e. The van der Waals surface area contributed by atoms with Gasteiger partial charge in [-0.15, -0.1) is 5.11 Å². The molecular formula is C11H8N4. The van der Waals surface area contributed by atoms with E-state index in [9.17, 15) is 0 Å². The van der Waals surface area contributed by atoms with E-state index in [1.54, 1.807) is 6.20 Å². The van der Waals surface area contributed by atoms with E-state index in [0.717, 1.165) is 23.5 Å². The average Bonchev–Trinajstić information content (AvgIpc) is 2.50. The van der Waals surface area contributed by atoms with Crippen LogP contribution in [0.2, 0.25) is 0 Å². The SMILES string of the molecule is C1=NC2=Nc3ccccc3CC2=CN=N1. The molecule has 2 aliphatic rings. The summed E-state index contributed by atoms with van der Waals surface area (Å²) in [6.07, 6.45) is 3.98. The Balaban J connectivity index is 2.17. The van der Waals surface area contributed by atoms with Gasteiger partial charge in [-0.1, -0.05) is 18.2 Å². The third kappa shape index (κ3) is 1.40. The molecule has 3 rings (SSSR count). The Hall–Kier alpha value is -2.10. The van der Waals surface area contributed by atoms with Crippen molar-refractivity contribution in [1.29, 1.82) is 0 Å². The van der Waals surface area contributed by atoms with E-state index < -0.39 is 0 Å². The fraction of sp³-hybridized carbons (Fsp3) is 0.0909. The molecule has 4 heteroatoms. The zero-order chi connectivity index (χ0) is 10.1. The van der Waals surface area contributed by atoms with Crippen LogP contribution in [-0.2, 0) is 6.42 Å². The van der Waals surface area contributed by atoms with E-state index in [1.807, 2.05) is 18.2 Å². The summed E-state index contributed by atoms with van der Waals surface area (Å²) in [5.74, 6) is 0.721. The molecule has 15 heavy (non-hydrogen) atoms. The van der Waals surface area contributed by atoms with E-state index in [1.165, 1.54) is 11.9 Å². The number of nitrogens with zero attached hydrogens (tertiary/aromatic N) is 4. The molecule has 0 saturated heterocycles. The number of rotatable bonds is 0. The van der Waals surface area contributed by atoms with Crippen molar-refractivity contribution in [3.8, 4) is 0 Å². The summed E-state index contributed by atoms with van der Waals surface area (Å²) in [4.78, 5) is 8.60. The largest absolute Gasteiger partial charge is 0.229 e. The van der Waals surface area contributed by atoms with Gasteiger partial charge in [0, 0.05) is 12.0 Å². The van der Waals surface area contributed by atoms with E-state index >= 15 is 0 Å². The van der Waals surface area contributed by atoms with E-state index in [-0.39, 0.29) is 0 Å². The van der Waals surface area contributed by atoms with Gasteiger partial charge in [0.2, 0.25) is 0 Å². The van der Waals surface area contributed by atoms with Crippen LogP contribution >= 0.6 is 0 Å². The standard InChI is InChI=1S/C11H8N4/c1-2-4-10-8(3-1)5-9-6-13-14-7-12-11(9)15-10/h1-4,6-7H,5H2. The summed E-state index contributed by atoms with van der Waals surface area (Å²) in [6.45, 7) is 0. The Kier molecular flexibility index (Phi) is 1.78. The monoisotopic (exact) mass is 196 g/mol. The Bertz CT molecular complexity index is 523. The highest BCUT2D eigenvalue weighted by atomic mass is 15.1. The maximum atomic E-state index is 4.46. The summed E-state index contributed by atoms with van der Waals surface area (Å²) in [6, 6.07) is 8.06. The van der Waals surface area contributed by atoms with Crippen molar-refractivity contribution in [2.24, 2.45) is 20.2 Å². The van der Waals surface area contributed by atoms with Crippen molar-refractivity contribution >= 4 is 17.9 Å². The summed E-state index contributed by atoms with van der Waals surface area (Å²) in [7, 11) is 0. The van der Waals surface area contributed by atoms with Gasteiger partial charge < -0.3 is 0 Å². The van der Waals surface area contributed by atoms with Crippen LogP contribution in [0, 0.1) is 0 Å². The number of amidine groups is 1. The molecule has 0 N–H and O–H groups in total. The summed E-state index contributed by atoms with van der Waals surface area (Å²) in [5.41, 5.74) is 3.22. The molecule has 0 unspecified atom stereocenters. The van der Waals surface area contributed by atoms with Crippen LogP contribution in [0.1, 0.15) is 5.56 Å². The van der Waals surface area contributed by atoms with Crippen LogP contribution in [0.5, 0.6) is 0 Å². The molecule has 0 radical (unpaired) electrons. The third-order valence-electron chi connectivity index (χ3n) is 2.40. The lowest BCUT2D eigenvalue weighted by atomic mass is 10.0. The molecule has 1 aromatic rings. The van der Waals surface area contributed by atoms with Gasteiger partial charge in [-0.25, -0.2) is 9.98 Å². The predicted molar refractivity (Wildman–Crippen MR) is 58.7 cm³/mol. The van der Waals surface area contributed by atoms with Crippen molar-refractivity contribution in [3.63, 3.8) is 0 Å². The van der Waals surface area contributed by atoms with Crippen molar-refractivity contribution in [1.82, 2.24) is 0 Å². The topological polar surface area (TPSA) is 49.4 Å². The lowest BCUT2D eigenvalue weighted by molar-refractivity contribution is 1.14. The predicted octanol–water partition coefficient (Wildman–Crippen LogP) is 2.65. The molecular weight excluding hydrogens is 188 g/mol. The summed E-state index contributed by atoms with van der Waals surface area (Å²) in [5, 5.41) is 7.59. The lowest BCUT2D eigenvalue weighted by Crippen LogP contribution is -2.07. The molecule has 2 heterocycles. The summed E-state index contributed by atoms with van der Waals surface area (Å²) < 4.78 is 0. The minimum atomic E-state index is 0.721. The van der Waals surface area contributed by atoms with Crippen molar-refractivity contribution < 1.29 is 0 Å². The van der Waals surface area contributed by atoms with Crippen molar-refractivity contribution in [3.05, 3.63) is 41.6 Å². The van der Waals surface area contributed by atoms with Crippen LogP contribution < -0.4 is 0 Å². The van der Waals surface area contributed by atoms with E-state index in [4.69, 9.17) is 0 Å². The summed E-state index contributed by atoms with van der Waals surface area (Å²) >= 11 is 0. The lowest BCUT2D eigenvalue weighted by Gasteiger charge is -2.14. The highest BCUT2D eigenvalue weighted by molar-refractivity contribution is 6.05. The van der Waals surface area contributed by atoms with Crippen molar-refractivity contribution in [2.45, 2.75) is 6.42 Å². The fourth-order valence-electron chi connectivity index (χ4n) is 1.67. The first kappa shape index (κ1) is 8.23. The molecule has 0 fully saturated rings. The maximum absolute atomic E-state index is 4.46.